The van der Waals surface area contributed by atoms with E-state index in [2.05, 4.69) is 65.0 Å². The number of rotatable bonds is 8. The maximum Gasteiger partial charge on any atom is 0.410 e. The van der Waals surface area contributed by atoms with Gasteiger partial charge in [-0.15, -0.1) is 0 Å². The molecule has 2 saturated heterocycles. The minimum atomic E-state index is -0.380. The van der Waals surface area contributed by atoms with E-state index < -0.39 is 0 Å². The van der Waals surface area contributed by atoms with Crippen molar-refractivity contribution in [3.05, 3.63) is 106 Å². The van der Waals surface area contributed by atoms with Crippen LogP contribution in [0.2, 0.25) is 0 Å². The molecule has 248 valence electrons. The van der Waals surface area contributed by atoms with E-state index in [1.807, 2.05) is 30.3 Å². The van der Waals surface area contributed by atoms with Gasteiger partial charge in [0.25, 0.3) is 0 Å². The van der Waals surface area contributed by atoms with Crippen molar-refractivity contribution < 1.29 is 14.3 Å². The van der Waals surface area contributed by atoms with Gasteiger partial charge in [-0.3, -0.25) is 4.90 Å². The summed E-state index contributed by atoms with van der Waals surface area (Å²) in [6, 6.07) is 23.3. The van der Waals surface area contributed by atoms with Crippen LogP contribution in [-0.4, -0.2) is 84.3 Å². The molecule has 0 saturated carbocycles. The lowest BCUT2D eigenvalue weighted by Gasteiger charge is -2.40. The molecule has 1 aliphatic carbocycles. The molecule has 3 atom stereocenters. The Morgan fingerprint density at radius 1 is 0.979 bits per heavy atom. The zero-order valence-corrected chi connectivity index (χ0v) is 28.0. The summed E-state index contributed by atoms with van der Waals surface area (Å²) in [6.07, 6.45) is 4.58. The van der Waals surface area contributed by atoms with Crippen molar-refractivity contribution in [1.82, 2.24) is 19.8 Å². The normalized spacial score (nSPS) is 21.1. The van der Waals surface area contributed by atoms with Crippen molar-refractivity contribution >= 4 is 22.7 Å². The average molecular weight is 645 g/mol. The molecule has 4 aromatic rings. The van der Waals surface area contributed by atoms with Gasteiger partial charge in [-0.05, 0) is 86.0 Å². The van der Waals surface area contributed by atoms with Gasteiger partial charge in [0, 0.05) is 31.2 Å². The lowest BCUT2D eigenvalue weighted by Crippen LogP contribution is -2.57. The smallest absolute Gasteiger partial charge is 0.410 e. The fraction of sp³-hybridized carbons (Fsp3) is 0.436. The summed E-state index contributed by atoms with van der Waals surface area (Å²) in [5.74, 6) is 1.22. The predicted molar refractivity (Wildman–Crippen MR) is 187 cm³/mol. The number of fused-ring (bicyclic) bond motifs is 2. The Morgan fingerprint density at radius 2 is 1.81 bits per heavy atom. The molecule has 0 bridgehead atoms. The van der Waals surface area contributed by atoms with Crippen LogP contribution in [0.1, 0.15) is 53.1 Å². The molecule has 2 aliphatic heterocycles. The zero-order valence-electron chi connectivity index (χ0n) is 28.0. The third-order valence-corrected chi connectivity index (χ3v) is 10.4. The van der Waals surface area contributed by atoms with E-state index in [1.165, 1.54) is 28.3 Å². The minimum Gasteiger partial charge on any atom is -0.462 e. The number of likely N-dealkylation sites (N-methyl/N-ethyl adjacent to an activating group) is 1. The van der Waals surface area contributed by atoms with Crippen molar-refractivity contribution in [2.45, 2.75) is 63.6 Å². The number of piperazine rings is 1. The molecule has 1 aromatic heterocycles. The van der Waals surface area contributed by atoms with Crippen molar-refractivity contribution in [2.24, 2.45) is 0 Å². The van der Waals surface area contributed by atoms with Crippen LogP contribution in [0.5, 0.6) is 6.01 Å². The van der Waals surface area contributed by atoms with Crippen molar-refractivity contribution in [3.8, 4) is 6.01 Å². The van der Waals surface area contributed by atoms with E-state index >= 15 is 0 Å². The Morgan fingerprint density at radius 3 is 2.60 bits per heavy atom. The monoisotopic (exact) mass is 644 g/mol. The minimum absolute atomic E-state index is 0.199. The number of aromatic nitrogens is 2. The number of ether oxygens (including phenoxy) is 2. The first kappa shape index (κ1) is 31.9. The number of anilines is 1. The molecule has 1 amide bonds. The summed E-state index contributed by atoms with van der Waals surface area (Å²) in [6.45, 7) is 13.5. The number of hydrogen-bond acceptors (Lipinski definition) is 7. The number of likely N-dealkylation sites (tertiary alicyclic amines) is 1. The van der Waals surface area contributed by atoms with Crippen molar-refractivity contribution in [2.75, 3.05) is 51.3 Å². The highest BCUT2D eigenvalue weighted by atomic mass is 16.6. The number of aryl methyl sites for hydroxylation is 1. The van der Waals surface area contributed by atoms with Gasteiger partial charge in [0.1, 0.15) is 25.1 Å². The van der Waals surface area contributed by atoms with E-state index in [-0.39, 0.29) is 25.3 Å². The molecule has 48 heavy (non-hydrogen) atoms. The Bertz CT molecular complexity index is 1800. The molecule has 3 aliphatic rings. The maximum atomic E-state index is 13.2. The Labute approximate surface area is 283 Å². The summed E-state index contributed by atoms with van der Waals surface area (Å²) in [5, 5.41) is 2.62. The summed E-state index contributed by atoms with van der Waals surface area (Å²) in [7, 11) is 2.15. The second-order valence-corrected chi connectivity index (χ2v) is 13.5. The van der Waals surface area contributed by atoms with Crippen LogP contribution in [-0.2, 0) is 24.2 Å². The van der Waals surface area contributed by atoms with Crippen LogP contribution in [0.3, 0.4) is 0 Å². The summed E-state index contributed by atoms with van der Waals surface area (Å²) in [5.41, 5.74) is 5.82. The zero-order chi connectivity index (χ0) is 33.0. The predicted octanol–water partition coefficient (Wildman–Crippen LogP) is 6.43. The highest BCUT2D eigenvalue weighted by molar-refractivity contribution is 5.89. The lowest BCUT2D eigenvalue weighted by atomic mass is 9.80. The van der Waals surface area contributed by atoms with Crippen LogP contribution in [0.25, 0.3) is 15.6 Å². The van der Waals surface area contributed by atoms with Gasteiger partial charge in [-0.25, -0.2) is 11.4 Å². The van der Waals surface area contributed by atoms with E-state index in [9.17, 15) is 4.79 Å². The van der Waals surface area contributed by atoms with Gasteiger partial charge in [0.05, 0.1) is 5.69 Å². The number of amides is 1. The SMILES string of the molecule is [C-]#[N+]C[C@H]1CN(c2nc(OC[C@@H]3CCCN3C)nc3c2CCC(c2cccc4cccc(C)c24)C3)CCN1C(=O)OCc1ccccc1. The fourth-order valence-electron chi connectivity index (χ4n) is 7.78. The highest BCUT2D eigenvalue weighted by Crippen LogP contribution is 2.40. The number of carbonyl (C=O) groups excluding carboxylic acids is 1. The van der Waals surface area contributed by atoms with Gasteiger partial charge in [-0.1, -0.05) is 66.7 Å². The lowest BCUT2D eigenvalue weighted by molar-refractivity contribution is 0.0788. The van der Waals surface area contributed by atoms with Crippen LogP contribution < -0.4 is 9.64 Å². The quantitative estimate of drug-likeness (QED) is 0.205. The Kier molecular flexibility index (Phi) is 9.44. The first-order chi connectivity index (χ1) is 23.5. The first-order valence-corrected chi connectivity index (χ1v) is 17.2. The van der Waals surface area contributed by atoms with Gasteiger partial charge in [0.15, 0.2) is 0 Å². The number of carbonyl (C=O) groups is 1. The van der Waals surface area contributed by atoms with Crippen molar-refractivity contribution in [3.63, 3.8) is 0 Å². The van der Waals surface area contributed by atoms with Crippen LogP contribution >= 0.6 is 0 Å². The van der Waals surface area contributed by atoms with Crippen LogP contribution in [0.4, 0.5) is 10.6 Å². The number of hydrogen-bond donors (Lipinski definition) is 0. The average Bonchev–Trinajstić information content (AvgIpc) is 3.53. The molecule has 9 heteroatoms. The van der Waals surface area contributed by atoms with Gasteiger partial charge < -0.3 is 24.1 Å². The third kappa shape index (κ3) is 6.67. The van der Waals surface area contributed by atoms with Crippen LogP contribution in [0.15, 0.2) is 66.7 Å². The molecule has 0 N–H and O–H groups in total. The number of benzene rings is 3. The van der Waals surface area contributed by atoms with E-state index in [0.29, 0.717) is 44.2 Å². The van der Waals surface area contributed by atoms with E-state index in [4.69, 9.17) is 26.0 Å². The summed E-state index contributed by atoms with van der Waals surface area (Å²) in [4.78, 5) is 33.4. The second-order valence-electron chi connectivity index (χ2n) is 13.5. The van der Waals surface area contributed by atoms with E-state index in [0.717, 1.165) is 54.9 Å². The topological polar surface area (TPSA) is 75.4 Å². The van der Waals surface area contributed by atoms with Crippen LogP contribution in [0, 0.1) is 13.5 Å². The van der Waals surface area contributed by atoms with Gasteiger partial charge >= 0.3 is 12.1 Å². The number of nitrogens with zero attached hydrogens (tertiary/aromatic N) is 6. The second kappa shape index (κ2) is 14.2. The summed E-state index contributed by atoms with van der Waals surface area (Å²) < 4.78 is 12.1. The maximum absolute atomic E-state index is 13.2. The Hall–Kier alpha value is -4.68. The molecule has 9 nitrogen and oxygen atoms in total. The third-order valence-electron chi connectivity index (χ3n) is 10.4. The highest BCUT2D eigenvalue weighted by Gasteiger charge is 2.37. The molecular weight excluding hydrogens is 600 g/mol. The molecule has 0 radical (unpaired) electrons. The molecule has 0 spiro atoms. The largest absolute Gasteiger partial charge is 0.462 e. The Balaban J connectivity index is 1.16. The molecule has 1 unspecified atom stereocenters. The molecule has 3 heterocycles. The standard InChI is InChI=1S/C39H44N6O3/c1-27-10-7-13-29-14-8-16-33(36(27)29)30-17-18-34-35(22-30)41-38(47-26-31-15-9-19-43(31)3)42-37(34)44-20-21-45(32(24-44)23-40-2)39(46)48-25-28-11-5-4-6-12-28/h4-8,10-14,16,30-32H,9,15,17-26H2,1,3H3/t30?,31-,32-/m0/s1. The first-order valence-electron chi connectivity index (χ1n) is 17.2. The van der Waals surface area contributed by atoms with E-state index in [1.54, 1.807) is 4.90 Å². The van der Waals surface area contributed by atoms with Gasteiger partial charge in [-0.2, -0.15) is 9.97 Å². The van der Waals surface area contributed by atoms with Crippen molar-refractivity contribution in [1.29, 1.82) is 0 Å². The molecule has 3 aromatic carbocycles. The fourth-order valence-corrected chi connectivity index (χ4v) is 7.78. The molecule has 7 rings (SSSR count). The van der Waals surface area contributed by atoms with Gasteiger partial charge in [0.2, 0.25) is 6.54 Å². The summed E-state index contributed by atoms with van der Waals surface area (Å²) >= 11 is 0. The molecular formula is C39H44N6O3. The molecule has 2 fully saturated rings.